The molecule has 0 aliphatic carbocycles. The number of fused-ring (bicyclic) bond motifs is 1. The van der Waals surface area contributed by atoms with Crippen molar-refractivity contribution in [1.29, 1.82) is 0 Å². The van der Waals surface area contributed by atoms with Crippen molar-refractivity contribution in [3.05, 3.63) is 35.7 Å². The molecule has 9 heteroatoms. The van der Waals surface area contributed by atoms with Crippen LogP contribution in [0.2, 0.25) is 0 Å². The van der Waals surface area contributed by atoms with Crippen LogP contribution in [0.3, 0.4) is 0 Å². The van der Waals surface area contributed by atoms with Gasteiger partial charge in [-0.3, -0.25) is 4.79 Å². The van der Waals surface area contributed by atoms with Gasteiger partial charge in [0.25, 0.3) is 0 Å². The number of aromatic nitrogens is 3. The van der Waals surface area contributed by atoms with Crippen LogP contribution in [-0.4, -0.2) is 51.9 Å². The number of hydrogen-bond donors (Lipinski definition) is 2. The van der Waals surface area contributed by atoms with Gasteiger partial charge in [-0.1, -0.05) is 23.9 Å². The number of rotatable bonds is 6. The molecule has 3 atom stereocenters. The van der Waals surface area contributed by atoms with E-state index in [1.807, 2.05) is 42.8 Å². The van der Waals surface area contributed by atoms with E-state index in [1.165, 1.54) is 11.8 Å². The lowest BCUT2D eigenvalue weighted by atomic mass is 10.0. The lowest BCUT2D eigenvalue weighted by molar-refractivity contribution is -0.121. The Bertz CT molecular complexity index is 819. The molecule has 150 valence electrons. The summed E-state index contributed by atoms with van der Waals surface area (Å²) in [6, 6.07) is 7.64. The highest BCUT2D eigenvalue weighted by Gasteiger charge is 2.37. The minimum Gasteiger partial charge on any atom is -0.494 e. The van der Waals surface area contributed by atoms with Crippen LogP contribution < -0.4 is 15.5 Å². The molecule has 2 aromatic rings. The van der Waals surface area contributed by atoms with E-state index >= 15 is 0 Å². The summed E-state index contributed by atoms with van der Waals surface area (Å²) in [4.78, 5) is 13.0. The fourth-order valence-electron chi connectivity index (χ4n) is 3.47. The summed E-state index contributed by atoms with van der Waals surface area (Å²) >= 11 is 1.43. The molecule has 3 heterocycles. The van der Waals surface area contributed by atoms with Gasteiger partial charge in [0.15, 0.2) is 0 Å². The van der Waals surface area contributed by atoms with Crippen molar-refractivity contribution in [3.63, 3.8) is 0 Å². The quantitative estimate of drug-likeness (QED) is 0.763. The second kappa shape index (κ2) is 8.40. The van der Waals surface area contributed by atoms with Gasteiger partial charge in [-0.2, -0.15) is 0 Å². The average molecular weight is 404 g/mol. The Hall–Kier alpha value is -2.26. The zero-order chi connectivity index (χ0) is 19.5. The molecule has 1 aromatic carbocycles. The van der Waals surface area contributed by atoms with Crippen molar-refractivity contribution in [3.8, 4) is 5.75 Å². The Morgan fingerprint density at radius 1 is 1.39 bits per heavy atom. The van der Waals surface area contributed by atoms with Gasteiger partial charge in [0.05, 0.1) is 18.8 Å². The number of aryl methyl sites for hydroxylation is 1. The van der Waals surface area contributed by atoms with E-state index in [9.17, 15) is 4.79 Å². The maximum atomic E-state index is 13.0. The summed E-state index contributed by atoms with van der Waals surface area (Å²) in [5.41, 5.74) is 4.42. The first-order valence-electron chi connectivity index (χ1n) is 9.63. The van der Waals surface area contributed by atoms with E-state index in [0.717, 1.165) is 36.6 Å². The molecule has 28 heavy (non-hydrogen) atoms. The SMILES string of the molecule is CCOc1ccc(C2Nn3c(C)nnc3SC2C(=O)NCC2CCCO2)cc1. The first-order valence-corrected chi connectivity index (χ1v) is 10.5. The number of nitrogens with zero attached hydrogens (tertiary/aromatic N) is 3. The van der Waals surface area contributed by atoms with E-state index in [4.69, 9.17) is 9.47 Å². The molecular formula is C19H25N5O3S. The molecule has 4 rings (SSSR count). The molecule has 2 aliphatic rings. The number of benzene rings is 1. The van der Waals surface area contributed by atoms with Gasteiger partial charge in [-0.05, 0) is 44.4 Å². The van der Waals surface area contributed by atoms with E-state index in [0.29, 0.717) is 18.3 Å². The number of amides is 1. The first kappa shape index (κ1) is 19.1. The van der Waals surface area contributed by atoms with E-state index < -0.39 is 0 Å². The van der Waals surface area contributed by atoms with Gasteiger partial charge >= 0.3 is 0 Å². The summed E-state index contributed by atoms with van der Waals surface area (Å²) in [7, 11) is 0. The highest BCUT2D eigenvalue weighted by atomic mass is 32.2. The molecule has 1 aromatic heterocycles. The summed E-state index contributed by atoms with van der Waals surface area (Å²) in [6.45, 7) is 5.78. The molecule has 0 saturated carbocycles. The van der Waals surface area contributed by atoms with Crippen molar-refractivity contribution in [2.24, 2.45) is 0 Å². The third-order valence-corrected chi connectivity index (χ3v) is 6.15. The smallest absolute Gasteiger partial charge is 0.236 e. The van der Waals surface area contributed by atoms with Crippen molar-refractivity contribution < 1.29 is 14.3 Å². The van der Waals surface area contributed by atoms with E-state index in [1.54, 1.807) is 0 Å². The largest absolute Gasteiger partial charge is 0.494 e. The Labute approximate surface area is 168 Å². The van der Waals surface area contributed by atoms with Gasteiger partial charge in [0, 0.05) is 13.2 Å². The Kier molecular flexibility index (Phi) is 5.72. The van der Waals surface area contributed by atoms with Crippen LogP contribution >= 0.6 is 11.8 Å². The maximum Gasteiger partial charge on any atom is 0.236 e. The van der Waals surface area contributed by atoms with Gasteiger partial charge < -0.3 is 20.2 Å². The van der Waals surface area contributed by atoms with Crippen molar-refractivity contribution in [1.82, 2.24) is 20.2 Å². The van der Waals surface area contributed by atoms with Crippen LogP contribution in [0.15, 0.2) is 29.4 Å². The molecule has 1 saturated heterocycles. The van der Waals surface area contributed by atoms with Gasteiger partial charge in [-0.15, -0.1) is 10.2 Å². The highest BCUT2D eigenvalue weighted by molar-refractivity contribution is 8.00. The maximum absolute atomic E-state index is 13.0. The Morgan fingerprint density at radius 3 is 2.93 bits per heavy atom. The molecule has 3 unspecified atom stereocenters. The third kappa shape index (κ3) is 3.95. The molecular weight excluding hydrogens is 378 g/mol. The second-order valence-corrected chi connectivity index (χ2v) is 8.00. The fourth-order valence-corrected chi connectivity index (χ4v) is 4.62. The molecule has 0 bridgehead atoms. The van der Waals surface area contributed by atoms with Crippen LogP contribution in [-0.2, 0) is 9.53 Å². The number of carbonyl (C=O) groups excluding carboxylic acids is 1. The molecule has 8 nitrogen and oxygen atoms in total. The number of nitrogens with one attached hydrogen (secondary N) is 2. The van der Waals surface area contributed by atoms with Crippen LogP contribution in [0.4, 0.5) is 0 Å². The van der Waals surface area contributed by atoms with Gasteiger partial charge in [0.2, 0.25) is 11.1 Å². The number of ether oxygens (including phenoxy) is 2. The van der Waals surface area contributed by atoms with Gasteiger partial charge in [0.1, 0.15) is 16.8 Å². The fraction of sp³-hybridized carbons (Fsp3) is 0.526. The molecule has 1 amide bonds. The molecule has 0 radical (unpaired) electrons. The molecule has 0 spiro atoms. The lowest BCUT2D eigenvalue weighted by Gasteiger charge is -2.33. The number of thioether (sulfide) groups is 1. The molecule has 2 N–H and O–H groups in total. The van der Waals surface area contributed by atoms with Crippen molar-refractivity contribution >= 4 is 17.7 Å². The zero-order valence-electron chi connectivity index (χ0n) is 16.1. The molecule has 1 fully saturated rings. The predicted molar refractivity (Wildman–Crippen MR) is 106 cm³/mol. The van der Waals surface area contributed by atoms with Crippen LogP contribution in [0.5, 0.6) is 5.75 Å². The first-order chi connectivity index (χ1) is 13.7. The third-order valence-electron chi connectivity index (χ3n) is 4.94. The van der Waals surface area contributed by atoms with Gasteiger partial charge in [-0.25, -0.2) is 4.68 Å². The molecule has 2 aliphatic heterocycles. The lowest BCUT2D eigenvalue weighted by Crippen LogP contribution is -2.45. The van der Waals surface area contributed by atoms with E-state index in [-0.39, 0.29) is 23.3 Å². The minimum atomic E-state index is -0.365. The van der Waals surface area contributed by atoms with Crippen LogP contribution in [0, 0.1) is 6.92 Å². The number of carbonyl (C=O) groups is 1. The van der Waals surface area contributed by atoms with Crippen LogP contribution in [0.1, 0.15) is 37.2 Å². The standard InChI is InChI=1S/C19H25N5O3S/c1-3-26-14-8-6-13(7-9-14)16-17(18(25)20-11-15-5-4-10-27-15)28-19-22-21-12(2)24(19)23-16/h6-9,15-17,23H,3-5,10-11H2,1-2H3,(H,20,25). The normalized spacial score (nSPS) is 23.7. The van der Waals surface area contributed by atoms with Crippen molar-refractivity contribution in [2.45, 2.75) is 49.2 Å². The highest BCUT2D eigenvalue weighted by Crippen LogP contribution is 2.37. The monoisotopic (exact) mass is 403 g/mol. The second-order valence-electron chi connectivity index (χ2n) is 6.89. The van der Waals surface area contributed by atoms with Crippen molar-refractivity contribution in [2.75, 3.05) is 25.2 Å². The number of hydrogen-bond acceptors (Lipinski definition) is 7. The van der Waals surface area contributed by atoms with Crippen LogP contribution in [0.25, 0.3) is 0 Å². The summed E-state index contributed by atoms with van der Waals surface area (Å²) in [6.07, 6.45) is 2.16. The van der Waals surface area contributed by atoms with E-state index in [2.05, 4.69) is 20.9 Å². The summed E-state index contributed by atoms with van der Waals surface area (Å²) in [5.74, 6) is 1.55. The predicted octanol–water partition coefficient (Wildman–Crippen LogP) is 2.04. The summed E-state index contributed by atoms with van der Waals surface area (Å²) in [5, 5.41) is 11.7. The zero-order valence-corrected chi connectivity index (χ0v) is 16.9. The Morgan fingerprint density at radius 2 is 2.21 bits per heavy atom. The topological polar surface area (TPSA) is 90.3 Å². The minimum absolute atomic E-state index is 0.0289. The summed E-state index contributed by atoms with van der Waals surface area (Å²) < 4.78 is 13.0. The Balaban J connectivity index is 1.54. The average Bonchev–Trinajstić information content (AvgIpc) is 3.36.